The van der Waals surface area contributed by atoms with Gasteiger partial charge in [-0.1, -0.05) is 58.9 Å². The molecule has 2 aliphatic carbocycles. The van der Waals surface area contributed by atoms with Gasteiger partial charge in [0.15, 0.2) is 0 Å². The number of benzene rings is 1. The van der Waals surface area contributed by atoms with E-state index in [0.717, 1.165) is 38.6 Å². The average molecular weight is 527 g/mol. The highest BCUT2D eigenvalue weighted by atomic mass is 16.2. The third kappa shape index (κ3) is 9.40. The lowest BCUT2D eigenvalue weighted by molar-refractivity contribution is -0.125. The summed E-state index contributed by atoms with van der Waals surface area (Å²) < 4.78 is 0. The highest BCUT2D eigenvalue weighted by Gasteiger charge is 2.32. The molecule has 7 heteroatoms. The fraction of sp³-hybridized carbons (Fsp3) is 0.710. The molecular formula is C31H50N4O3. The molecule has 0 radical (unpaired) electrons. The molecule has 38 heavy (non-hydrogen) atoms. The summed E-state index contributed by atoms with van der Waals surface area (Å²) in [5.41, 5.74) is 7.63. The van der Waals surface area contributed by atoms with E-state index in [1.807, 2.05) is 11.8 Å². The predicted molar refractivity (Wildman–Crippen MR) is 153 cm³/mol. The van der Waals surface area contributed by atoms with Crippen molar-refractivity contribution < 1.29 is 14.4 Å². The molecular weight excluding hydrogens is 476 g/mol. The first-order chi connectivity index (χ1) is 18.3. The topological polar surface area (TPSA) is 105 Å². The van der Waals surface area contributed by atoms with Gasteiger partial charge in [-0.2, -0.15) is 0 Å². The van der Waals surface area contributed by atoms with Crippen LogP contribution in [-0.4, -0.2) is 54.3 Å². The van der Waals surface area contributed by atoms with Crippen LogP contribution in [0.25, 0.3) is 0 Å². The van der Waals surface area contributed by atoms with Crippen LogP contribution >= 0.6 is 0 Å². The molecule has 0 heterocycles. The van der Waals surface area contributed by atoms with Crippen molar-refractivity contribution in [2.45, 2.75) is 103 Å². The lowest BCUT2D eigenvalue weighted by atomic mass is 9.89. The van der Waals surface area contributed by atoms with Gasteiger partial charge in [0.25, 0.3) is 11.8 Å². The first-order valence-corrected chi connectivity index (χ1v) is 15.1. The van der Waals surface area contributed by atoms with E-state index in [-0.39, 0.29) is 35.7 Å². The van der Waals surface area contributed by atoms with Crippen LogP contribution in [0.4, 0.5) is 0 Å². The highest BCUT2D eigenvalue weighted by Crippen LogP contribution is 2.34. The molecule has 4 N–H and O–H groups in total. The number of hydrogen-bond donors (Lipinski definition) is 3. The Balaban J connectivity index is 1.59. The van der Waals surface area contributed by atoms with Gasteiger partial charge in [-0.25, -0.2) is 0 Å². The monoisotopic (exact) mass is 526 g/mol. The van der Waals surface area contributed by atoms with E-state index in [0.29, 0.717) is 42.5 Å². The minimum absolute atomic E-state index is 0.0392. The summed E-state index contributed by atoms with van der Waals surface area (Å²) in [5.74, 6) is 0.754. The van der Waals surface area contributed by atoms with Crippen molar-refractivity contribution in [1.29, 1.82) is 0 Å². The molecule has 2 aliphatic rings. The van der Waals surface area contributed by atoms with Crippen LogP contribution in [-0.2, 0) is 4.79 Å². The van der Waals surface area contributed by atoms with E-state index in [4.69, 9.17) is 5.73 Å². The van der Waals surface area contributed by atoms with Gasteiger partial charge in [0.2, 0.25) is 5.91 Å². The molecule has 2 fully saturated rings. The standard InChI is InChI=1S/C31H50N4O3/c1-4-16-35(17-5-2)31(38)26-13-9-12-25(20-26)30(37)34-28(19-23-14-15-23)27(32)18-22(3)29(36)33-21-24-10-7-6-8-11-24/h9,12-13,20,22-24,27-28H,4-8,10-11,14-19,21,32H2,1-3H3,(H,33,36)(H,34,37)/t22-,27+,28+/m1/s1. The van der Waals surface area contributed by atoms with Gasteiger partial charge in [0, 0.05) is 48.8 Å². The summed E-state index contributed by atoms with van der Waals surface area (Å²) in [5, 5.41) is 6.30. The molecule has 212 valence electrons. The maximum absolute atomic E-state index is 13.3. The van der Waals surface area contributed by atoms with E-state index >= 15 is 0 Å². The summed E-state index contributed by atoms with van der Waals surface area (Å²) in [6.45, 7) is 8.21. The van der Waals surface area contributed by atoms with Crippen molar-refractivity contribution in [3.05, 3.63) is 35.4 Å². The predicted octanol–water partition coefficient (Wildman–Crippen LogP) is 4.90. The zero-order valence-electron chi connectivity index (χ0n) is 23.8. The summed E-state index contributed by atoms with van der Waals surface area (Å²) in [7, 11) is 0. The van der Waals surface area contributed by atoms with Crippen LogP contribution in [0.15, 0.2) is 24.3 Å². The second kappa shape index (κ2) is 15.2. The van der Waals surface area contributed by atoms with E-state index < -0.39 is 0 Å². The van der Waals surface area contributed by atoms with Gasteiger partial charge in [0.1, 0.15) is 0 Å². The normalized spacial score (nSPS) is 18.3. The minimum Gasteiger partial charge on any atom is -0.356 e. The maximum atomic E-state index is 13.3. The number of carbonyl (C=O) groups excluding carboxylic acids is 3. The van der Waals surface area contributed by atoms with E-state index in [1.165, 1.54) is 32.1 Å². The van der Waals surface area contributed by atoms with E-state index in [2.05, 4.69) is 24.5 Å². The lowest BCUT2D eigenvalue weighted by Crippen LogP contribution is -2.49. The number of rotatable bonds is 15. The first-order valence-electron chi connectivity index (χ1n) is 15.1. The maximum Gasteiger partial charge on any atom is 0.253 e. The Morgan fingerprint density at radius 3 is 2.26 bits per heavy atom. The van der Waals surface area contributed by atoms with Crippen molar-refractivity contribution in [2.75, 3.05) is 19.6 Å². The van der Waals surface area contributed by atoms with Gasteiger partial charge in [0.05, 0.1) is 0 Å². The molecule has 2 saturated carbocycles. The number of nitrogens with one attached hydrogen (secondary N) is 2. The lowest BCUT2D eigenvalue weighted by Gasteiger charge is -2.28. The summed E-state index contributed by atoms with van der Waals surface area (Å²) in [6, 6.07) is 6.46. The molecule has 0 unspecified atom stereocenters. The highest BCUT2D eigenvalue weighted by molar-refractivity contribution is 5.99. The van der Waals surface area contributed by atoms with Crippen molar-refractivity contribution in [3.63, 3.8) is 0 Å². The SMILES string of the molecule is CCCN(CCC)C(=O)c1cccc(C(=O)N[C@@H](CC2CC2)[C@@H](N)C[C@@H](C)C(=O)NCC2CCCCC2)c1. The summed E-state index contributed by atoms with van der Waals surface area (Å²) >= 11 is 0. The molecule has 0 bridgehead atoms. The quantitative estimate of drug-likeness (QED) is 0.302. The van der Waals surface area contributed by atoms with E-state index in [9.17, 15) is 14.4 Å². The molecule has 1 aromatic rings. The molecule has 7 nitrogen and oxygen atoms in total. The van der Waals surface area contributed by atoms with Crippen molar-refractivity contribution >= 4 is 17.7 Å². The van der Waals surface area contributed by atoms with Crippen molar-refractivity contribution in [1.82, 2.24) is 15.5 Å². The molecule has 0 aliphatic heterocycles. The van der Waals surface area contributed by atoms with Crippen LogP contribution in [0.3, 0.4) is 0 Å². The Bertz CT molecular complexity index is 904. The van der Waals surface area contributed by atoms with Gasteiger partial charge in [-0.15, -0.1) is 0 Å². The zero-order valence-corrected chi connectivity index (χ0v) is 23.8. The van der Waals surface area contributed by atoms with Crippen LogP contribution in [0, 0.1) is 17.8 Å². The Kier molecular flexibility index (Phi) is 12.1. The minimum atomic E-state index is -0.315. The van der Waals surface area contributed by atoms with Crippen molar-refractivity contribution in [3.8, 4) is 0 Å². The average Bonchev–Trinajstić information content (AvgIpc) is 3.75. The second-order valence-electron chi connectivity index (χ2n) is 11.7. The third-order valence-electron chi connectivity index (χ3n) is 8.13. The summed E-state index contributed by atoms with van der Waals surface area (Å²) in [4.78, 5) is 41.0. The van der Waals surface area contributed by atoms with Crippen LogP contribution in [0.2, 0.25) is 0 Å². The largest absolute Gasteiger partial charge is 0.356 e. The van der Waals surface area contributed by atoms with Gasteiger partial charge >= 0.3 is 0 Å². The smallest absolute Gasteiger partial charge is 0.253 e. The van der Waals surface area contributed by atoms with Gasteiger partial charge in [-0.05, 0) is 68.6 Å². The van der Waals surface area contributed by atoms with Crippen molar-refractivity contribution in [2.24, 2.45) is 23.5 Å². The Labute approximate surface area is 229 Å². The fourth-order valence-electron chi connectivity index (χ4n) is 5.63. The van der Waals surface area contributed by atoms with Crippen LogP contribution in [0.5, 0.6) is 0 Å². The second-order valence-corrected chi connectivity index (χ2v) is 11.7. The Morgan fingerprint density at radius 2 is 1.63 bits per heavy atom. The number of nitrogens with zero attached hydrogens (tertiary/aromatic N) is 1. The third-order valence-corrected chi connectivity index (χ3v) is 8.13. The molecule has 0 spiro atoms. The number of nitrogens with two attached hydrogens (primary N) is 1. The van der Waals surface area contributed by atoms with Gasteiger partial charge in [-0.3, -0.25) is 14.4 Å². The molecule has 3 rings (SSSR count). The Morgan fingerprint density at radius 1 is 0.974 bits per heavy atom. The molecule has 3 atom stereocenters. The number of hydrogen-bond acceptors (Lipinski definition) is 4. The van der Waals surface area contributed by atoms with E-state index in [1.54, 1.807) is 24.3 Å². The van der Waals surface area contributed by atoms with Crippen LogP contribution in [0.1, 0.15) is 112 Å². The molecule has 0 saturated heterocycles. The Hall–Kier alpha value is -2.41. The summed E-state index contributed by atoms with van der Waals surface area (Å²) in [6.07, 6.45) is 11.7. The van der Waals surface area contributed by atoms with Crippen LogP contribution < -0.4 is 16.4 Å². The molecule has 0 aromatic heterocycles. The molecule has 3 amide bonds. The zero-order chi connectivity index (χ0) is 27.5. The first kappa shape index (κ1) is 30.1. The number of carbonyl (C=O) groups is 3. The molecule has 1 aromatic carbocycles. The van der Waals surface area contributed by atoms with Gasteiger partial charge < -0.3 is 21.3 Å². The fourth-order valence-corrected chi connectivity index (χ4v) is 5.63. The number of amides is 3.